The van der Waals surface area contributed by atoms with Crippen molar-refractivity contribution in [2.75, 3.05) is 24.5 Å². The predicted molar refractivity (Wildman–Crippen MR) is 114 cm³/mol. The smallest absolute Gasteiger partial charge is 0.250 e. The Kier molecular flexibility index (Phi) is 6.43. The molecule has 1 atom stereocenters. The van der Waals surface area contributed by atoms with Crippen LogP contribution in [-0.2, 0) is 14.4 Å². The fraction of sp³-hybridized carbons (Fsp3) is 0.591. The number of rotatable bonds is 4. The number of piperidine rings is 1. The Bertz CT molecular complexity index is 772. The molecule has 0 spiro atoms. The Hall–Kier alpha value is -2.02. The maximum Gasteiger partial charge on any atom is 0.250 e. The summed E-state index contributed by atoms with van der Waals surface area (Å²) in [6.07, 6.45) is 8.61. The fourth-order valence-corrected chi connectivity index (χ4v) is 5.67. The second-order valence-corrected chi connectivity index (χ2v) is 9.33. The first-order valence-corrected chi connectivity index (χ1v) is 11.7. The number of anilines is 1. The molecule has 0 aromatic heterocycles. The molecule has 1 aromatic rings. The highest BCUT2D eigenvalue weighted by Gasteiger charge is 2.41. The molecule has 0 unspecified atom stereocenters. The number of thioether (sulfide) groups is 1. The molecule has 0 radical (unpaired) electrons. The van der Waals surface area contributed by atoms with Crippen molar-refractivity contribution in [1.82, 2.24) is 10.2 Å². The van der Waals surface area contributed by atoms with Gasteiger partial charge in [0.2, 0.25) is 11.8 Å². The van der Waals surface area contributed by atoms with E-state index in [-0.39, 0.29) is 30.3 Å². The van der Waals surface area contributed by atoms with Crippen LogP contribution in [0, 0.1) is 0 Å². The van der Waals surface area contributed by atoms with Gasteiger partial charge in [0.05, 0.1) is 5.69 Å². The zero-order valence-electron chi connectivity index (χ0n) is 16.8. The number of para-hydroxylation sites is 1. The van der Waals surface area contributed by atoms with Crippen molar-refractivity contribution in [3.05, 3.63) is 24.3 Å². The quantitative estimate of drug-likeness (QED) is 0.768. The average Bonchev–Trinajstić information content (AvgIpc) is 2.76. The highest BCUT2D eigenvalue weighted by atomic mass is 32.2. The third-order valence-electron chi connectivity index (χ3n) is 6.06. The van der Waals surface area contributed by atoms with Gasteiger partial charge < -0.3 is 15.1 Å². The zero-order chi connectivity index (χ0) is 20.2. The van der Waals surface area contributed by atoms with Gasteiger partial charge in [-0.15, -0.1) is 11.8 Å². The lowest BCUT2D eigenvalue weighted by atomic mass is 9.95. The van der Waals surface area contributed by atoms with Crippen molar-refractivity contribution < 1.29 is 14.4 Å². The molecule has 1 saturated heterocycles. The molecule has 0 bridgehead atoms. The maximum atomic E-state index is 13.3. The molecule has 156 valence electrons. The van der Waals surface area contributed by atoms with Crippen LogP contribution >= 0.6 is 11.8 Å². The molecule has 1 aromatic carbocycles. The van der Waals surface area contributed by atoms with Crippen LogP contribution in [0.4, 0.5) is 5.69 Å². The molecule has 2 aliphatic heterocycles. The number of nitrogens with zero attached hydrogens (tertiary/aromatic N) is 2. The van der Waals surface area contributed by atoms with Crippen LogP contribution in [0.5, 0.6) is 0 Å². The molecule has 1 saturated carbocycles. The van der Waals surface area contributed by atoms with Gasteiger partial charge in [-0.3, -0.25) is 14.4 Å². The van der Waals surface area contributed by atoms with Gasteiger partial charge in [-0.25, -0.2) is 0 Å². The normalized spacial score (nSPS) is 22.9. The number of nitrogens with one attached hydrogen (secondary N) is 1. The lowest BCUT2D eigenvalue weighted by molar-refractivity contribution is -0.136. The van der Waals surface area contributed by atoms with Crippen molar-refractivity contribution in [2.45, 2.75) is 67.6 Å². The van der Waals surface area contributed by atoms with Crippen LogP contribution in [0.1, 0.15) is 51.4 Å². The Labute approximate surface area is 176 Å². The van der Waals surface area contributed by atoms with E-state index >= 15 is 0 Å². The minimum absolute atomic E-state index is 0.0311. The van der Waals surface area contributed by atoms with Crippen molar-refractivity contribution in [3.63, 3.8) is 0 Å². The summed E-state index contributed by atoms with van der Waals surface area (Å²) in [6, 6.07) is 7.76. The van der Waals surface area contributed by atoms with Crippen LogP contribution < -0.4 is 10.2 Å². The standard InChI is InChI=1S/C22H29N3O3S/c26-19(23-16-9-3-1-4-10-16)15-25-17-11-5-6-12-18(17)29-20(22(25)28)21(27)24-13-7-2-8-14-24/h5-6,11-12,16,20H,1-4,7-10,13-15H2,(H,23,26)/t20-/m1/s1. The topological polar surface area (TPSA) is 69.7 Å². The average molecular weight is 416 g/mol. The number of likely N-dealkylation sites (tertiary alicyclic amines) is 1. The van der Waals surface area contributed by atoms with Gasteiger partial charge in [-0.05, 0) is 44.2 Å². The number of carbonyl (C=O) groups excluding carboxylic acids is 3. The van der Waals surface area contributed by atoms with Gasteiger partial charge in [-0.2, -0.15) is 0 Å². The Morgan fingerprint density at radius 1 is 1.00 bits per heavy atom. The minimum Gasteiger partial charge on any atom is -0.352 e. The van der Waals surface area contributed by atoms with Crippen molar-refractivity contribution >= 4 is 35.2 Å². The molecule has 4 rings (SSSR count). The van der Waals surface area contributed by atoms with E-state index in [0.717, 1.165) is 55.5 Å². The lowest BCUT2D eigenvalue weighted by Crippen LogP contribution is -2.53. The predicted octanol–water partition coefficient (Wildman–Crippen LogP) is 2.96. The number of amides is 3. The van der Waals surface area contributed by atoms with E-state index in [1.807, 2.05) is 29.2 Å². The van der Waals surface area contributed by atoms with E-state index in [1.54, 1.807) is 0 Å². The summed E-state index contributed by atoms with van der Waals surface area (Å²) < 4.78 is 0. The molecular weight excluding hydrogens is 386 g/mol. The van der Waals surface area contributed by atoms with E-state index in [0.29, 0.717) is 13.1 Å². The number of fused-ring (bicyclic) bond motifs is 1. The third kappa shape index (κ3) is 4.60. The number of hydrogen-bond acceptors (Lipinski definition) is 4. The van der Waals surface area contributed by atoms with Crippen LogP contribution in [0.3, 0.4) is 0 Å². The lowest BCUT2D eigenvalue weighted by Gasteiger charge is -2.36. The number of hydrogen-bond donors (Lipinski definition) is 1. The van der Waals surface area contributed by atoms with Gasteiger partial charge in [0.1, 0.15) is 6.54 Å². The van der Waals surface area contributed by atoms with Crippen LogP contribution in [0.15, 0.2) is 29.2 Å². The van der Waals surface area contributed by atoms with Crippen LogP contribution in [0.2, 0.25) is 0 Å². The molecule has 2 fully saturated rings. The van der Waals surface area contributed by atoms with Gasteiger partial charge >= 0.3 is 0 Å². The summed E-state index contributed by atoms with van der Waals surface area (Å²) >= 11 is 1.32. The van der Waals surface area contributed by atoms with E-state index in [1.165, 1.54) is 23.1 Å². The van der Waals surface area contributed by atoms with Crippen molar-refractivity contribution in [2.24, 2.45) is 0 Å². The minimum atomic E-state index is -0.800. The van der Waals surface area contributed by atoms with E-state index in [9.17, 15) is 14.4 Å². The summed E-state index contributed by atoms with van der Waals surface area (Å²) in [6.45, 7) is 1.40. The molecule has 3 amide bonds. The maximum absolute atomic E-state index is 13.3. The third-order valence-corrected chi connectivity index (χ3v) is 7.29. The fourth-order valence-electron chi connectivity index (χ4n) is 4.48. The van der Waals surface area contributed by atoms with Crippen molar-refractivity contribution in [1.29, 1.82) is 0 Å². The molecular formula is C22H29N3O3S. The molecule has 3 aliphatic rings. The van der Waals surface area contributed by atoms with Gasteiger partial charge in [0.25, 0.3) is 5.91 Å². The van der Waals surface area contributed by atoms with Gasteiger partial charge in [0, 0.05) is 24.0 Å². The van der Waals surface area contributed by atoms with Crippen LogP contribution in [-0.4, -0.2) is 53.5 Å². The van der Waals surface area contributed by atoms with E-state index in [2.05, 4.69) is 5.32 Å². The molecule has 6 nitrogen and oxygen atoms in total. The van der Waals surface area contributed by atoms with Crippen LogP contribution in [0.25, 0.3) is 0 Å². The van der Waals surface area contributed by atoms with E-state index in [4.69, 9.17) is 0 Å². The monoisotopic (exact) mass is 415 g/mol. The van der Waals surface area contributed by atoms with Crippen molar-refractivity contribution in [3.8, 4) is 0 Å². The molecule has 7 heteroatoms. The first-order valence-electron chi connectivity index (χ1n) is 10.8. The summed E-state index contributed by atoms with van der Waals surface area (Å²) in [5, 5.41) is 2.29. The first-order chi connectivity index (χ1) is 14.1. The number of benzene rings is 1. The first kappa shape index (κ1) is 20.3. The zero-order valence-corrected chi connectivity index (χ0v) is 17.6. The highest BCUT2D eigenvalue weighted by Crippen LogP contribution is 2.39. The van der Waals surface area contributed by atoms with E-state index < -0.39 is 5.25 Å². The largest absolute Gasteiger partial charge is 0.352 e. The highest BCUT2D eigenvalue weighted by molar-refractivity contribution is 8.01. The molecule has 29 heavy (non-hydrogen) atoms. The Morgan fingerprint density at radius 3 is 2.45 bits per heavy atom. The SMILES string of the molecule is O=C(CN1C(=O)[C@@H](C(=O)N2CCCCC2)Sc2ccccc21)NC1CCCCC1. The summed E-state index contributed by atoms with van der Waals surface area (Å²) in [7, 11) is 0. The Morgan fingerprint density at radius 2 is 1.69 bits per heavy atom. The number of carbonyl (C=O) groups is 3. The molecule has 2 heterocycles. The summed E-state index contributed by atoms with van der Waals surface area (Å²) in [5.41, 5.74) is 0.726. The summed E-state index contributed by atoms with van der Waals surface area (Å²) in [4.78, 5) is 43.3. The Balaban J connectivity index is 1.50. The molecule has 1 N–H and O–H groups in total. The summed E-state index contributed by atoms with van der Waals surface area (Å²) in [5.74, 6) is -0.536. The van der Waals surface area contributed by atoms with Gasteiger partial charge in [0.15, 0.2) is 5.25 Å². The second kappa shape index (κ2) is 9.20. The second-order valence-electron chi connectivity index (χ2n) is 8.18. The van der Waals surface area contributed by atoms with Gasteiger partial charge in [-0.1, -0.05) is 31.4 Å². The molecule has 1 aliphatic carbocycles.